The monoisotopic (exact) mass is 510 g/mol. The highest BCUT2D eigenvalue weighted by atomic mass is 16.3. The third kappa shape index (κ3) is 6.37. The number of rotatable bonds is 5. The number of phenolic OH excluding ortho intramolecular Hbond substituents is 2. The molecular weight excluding hydrogens is 476 g/mol. The van der Waals surface area contributed by atoms with E-state index in [1.54, 1.807) is 24.3 Å². The van der Waals surface area contributed by atoms with Crippen molar-refractivity contribution in [3.05, 3.63) is 47.5 Å². The molecule has 2 unspecified atom stereocenters. The van der Waals surface area contributed by atoms with E-state index in [0.29, 0.717) is 30.5 Å². The summed E-state index contributed by atoms with van der Waals surface area (Å²) in [6.45, 7) is 0.302. The van der Waals surface area contributed by atoms with Crippen molar-refractivity contribution in [2.75, 3.05) is 6.54 Å². The van der Waals surface area contributed by atoms with Crippen LogP contribution in [-0.4, -0.2) is 64.7 Å². The predicted octanol–water partition coefficient (Wildman–Crippen LogP) is -0.885. The van der Waals surface area contributed by atoms with Gasteiger partial charge >= 0.3 is 0 Å². The van der Waals surface area contributed by atoms with Crippen molar-refractivity contribution in [2.45, 2.75) is 62.3 Å². The molecule has 5 atom stereocenters. The molecule has 4 bridgehead atoms. The number of amides is 3. The van der Waals surface area contributed by atoms with Crippen molar-refractivity contribution in [1.82, 2.24) is 16.0 Å². The Morgan fingerprint density at radius 1 is 0.946 bits per heavy atom. The highest BCUT2D eigenvalue weighted by molar-refractivity contribution is 5.93. The van der Waals surface area contributed by atoms with Gasteiger partial charge in [-0.15, -0.1) is 0 Å². The molecule has 2 aromatic rings. The summed E-state index contributed by atoms with van der Waals surface area (Å²) in [4.78, 5) is 39.4. The first-order valence-corrected chi connectivity index (χ1v) is 12.4. The fourth-order valence-electron chi connectivity index (χ4n) is 4.42. The standard InChI is InChI=1S/C26H34N6O5/c27-7-1-2-19-25(36)32-21(26(37)31-20-12-17(20)28)11-16-9-14(4-6-23(16)34)13-3-5-22(33)15(8-13)10-18(29)24(35)30-19/h3-6,8-9,17-21,33-34H,1-2,7,10-12,27-29H2,(H,30,35)(H,31,37)(H,32,36)/t17?,18-,19+,20?,21+/m0/s1. The van der Waals surface area contributed by atoms with E-state index in [2.05, 4.69) is 16.0 Å². The number of nitrogens with two attached hydrogens (primary N) is 3. The second-order valence-corrected chi connectivity index (χ2v) is 9.77. The second-order valence-electron chi connectivity index (χ2n) is 9.77. The van der Waals surface area contributed by atoms with Crippen molar-refractivity contribution in [3.63, 3.8) is 0 Å². The van der Waals surface area contributed by atoms with Crippen LogP contribution < -0.4 is 33.2 Å². The van der Waals surface area contributed by atoms with Crippen LogP contribution in [0.25, 0.3) is 11.1 Å². The van der Waals surface area contributed by atoms with Crippen LogP contribution in [0.5, 0.6) is 11.5 Å². The Hall–Kier alpha value is -3.67. The average molecular weight is 511 g/mol. The first-order chi connectivity index (χ1) is 17.7. The van der Waals surface area contributed by atoms with Crippen LogP contribution in [0.3, 0.4) is 0 Å². The Labute approximate surface area is 214 Å². The van der Waals surface area contributed by atoms with Crippen LogP contribution in [0.2, 0.25) is 0 Å². The lowest BCUT2D eigenvalue weighted by molar-refractivity contribution is -0.132. The normalized spacial score (nSPS) is 25.8. The van der Waals surface area contributed by atoms with Gasteiger partial charge in [0.15, 0.2) is 0 Å². The topological polar surface area (TPSA) is 206 Å². The van der Waals surface area contributed by atoms with Gasteiger partial charge in [-0.05, 0) is 72.3 Å². The molecule has 1 fully saturated rings. The minimum atomic E-state index is -1.04. The fraction of sp³-hybridized carbons (Fsp3) is 0.423. The van der Waals surface area contributed by atoms with Gasteiger partial charge in [0.2, 0.25) is 17.7 Å². The maximum absolute atomic E-state index is 13.3. The number of fused-ring (bicyclic) bond motifs is 5. The summed E-state index contributed by atoms with van der Waals surface area (Å²) in [5, 5.41) is 29.2. The maximum Gasteiger partial charge on any atom is 0.243 e. The zero-order chi connectivity index (χ0) is 26.7. The van der Waals surface area contributed by atoms with Crippen LogP contribution >= 0.6 is 0 Å². The van der Waals surface area contributed by atoms with Gasteiger partial charge in [0.05, 0.1) is 6.04 Å². The Morgan fingerprint density at radius 3 is 2.11 bits per heavy atom. The summed E-state index contributed by atoms with van der Waals surface area (Å²) in [6, 6.07) is 6.54. The summed E-state index contributed by atoms with van der Waals surface area (Å²) >= 11 is 0. The van der Waals surface area contributed by atoms with Crippen molar-refractivity contribution >= 4 is 17.7 Å². The van der Waals surface area contributed by atoms with E-state index in [9.17, 15) is 24.6 Å². The van der Waals surface area contributed by atoms with Crippen LogP contribution in [-0.2, 0) is 27.2 Å². The van der Waals surface area contributed by atoms with Crippen molar-refractivity contribution in [3.8, 4) is 22.6 Å². The number of hydrogen-bond acceptors (Lipinski definition) is 8. The van der Waals surface area contributed by atoms with E-state index in [1.807, 2.05) is 0 Å². The van der Waals surface area contributed by atoms with Gasteiger partial charge in [0.25, 0.3) is 0 Å². The zero-order valence-electron chi connectivity index (χ0n) is 20.4. The Balaban J connectivity index is 1.74. The first kappa shape index (κ1) is 26.4. The second kappa shape index (κ2) is 11.2. The van der Waals surface area contributed by atoms with E-state index < -0.39 is 35.8 Å². The Kier molecular flexibility index (Phi) is 7.96. The van der Waals surface area contributed by atoms with E-state index in [4.69, 9.17) is 17.2 Å². The number of carbonyl (C=O) groups excluding carboxylic acids is 3. The molecule has 11 heteroatoms. The molecule has 1 saturated carbocycles. The average Bonchev–Trinajstić information content (AvgIpc) is 3.56. The van der Waals surface area contributed by atoms with E-state index in [0.717, 1.165) is 11.1 Å². The SMILES string of the molecule is NCCC[C@H]1NC(=O)[C@@H](N)Cc2cc(ccc2O)-c2ccc(O)c(c2)C[C@H](C(=O)NC2CC2N)NC1=O. The van der Waals surface area contributed by atoms with Gasteiger partial charge in [0, 0.05) is 24.9 Å². The molecular formula is C26H34N6O5. The van der Waals surface area contributed by atoms with Gasteiger partial charge < -0.3 is 43.4 Å². The lowest BCUT2D eigenvalue weighted by Gasteiger charge is -2.24. The molecule has 0 saturated heterocycles. The summed E-state index contributed by atoms with van der Waals surface area (Å²) < 4.78 is 0. The van der Waals surface area contributed by atoms with E-state index >= 15 is 0 Å². The fourth-order valence-corrected chi connectivity index (χ4v) is 4.42. The molecule has 0 spiro atoms. The Bertz CT molecular complexity index is 1190. The summed E-state index contributed by atoms with van der Waals surface area (Å²) in [6.07, 6.45) is 1.37. The van der Waals surface area contributed by atoms with Crippen molar-refractivity contribution in [2.24, 2.45) is 17.2 Å². The zero-order valence-corrected chi connectivity index (χ0v) is 20.4. The summed E-state index contributed by atoms with van der Waals surface area (Å²) in [5.74, 6) is -1.61. The molecule has 2 aromatic carbocycles. The number of phenols is 2. The highest BCUT2D eigenvalue weighted by Crippen LogP contribution is 2.31. The minimum absolute atomic E-state index is 0.00121. The van der Waals surface area contributed by atoms with Crippen LogP contribution in [0.4, 0.5) is 0 Å². The molecule has 198 valence electrons. The molecule has 11 nitrogen and oxygen atoms in total. The van der Waals surface area contributed by atoms with Gasteiger partial charge in [-0.3, -0.25) is 14.4 Å². The van der Waals surface area contributed by atoms with Crippen molar-refractivity contribution in [1.29, 1.82) is 0 Å². The third-order valence-electron chi connectivity index (χ3n) is 6.82. The van der Waals surface area contributed by atoms with Gasteiger partial charge in [-0.25, -0.2) is 0 Å². The smallest absolute Gasteiger partial charge is 0.243 e. The third-order valence-corrected chi connectivity index (χ3v) is 6.82. The number of nitrogens with one attached hydrogen (secondary N) is 3. The molecule has 2 aliphatic rings. The van der Waals surface area contributed by atoms with E-state index in [-0.39, 0.29) is 42.8 Å². The maximum atomic E-state index is 13.3. The molecule has 0 aromatic heterocycles. The predicted molar refractivity (Wildman–Crippen MR) is 137 cm³/mol. The van der Waals surface area contributed by atoms with Gasteiger partial charge in [0.1, 0.15) is 23.6 Å². The quantitative estimate of drug-likeness (QED) is 0.253. The first-order valence-electron chi connectivity index (χ1n) is 12.4. The summed E-state index contributed by atoms with van der Waals surface area (Å²) in [7, 11) is 0. The number of carbonyl (C=O) groups is 3. The summed E-state index contributed by atoms with van der Waals surface area (Å²) in [5.41, 5.74) is 20.0. The molecule has 37 heavy (non-hydrogen) atoms. The van der Waals surface area contributed by atoms with Gasteiger partial charge in [-0.1, -0.05) is 12.1 Å². The Morgan fingerprint density at radius 2 is 1.54 bits per heavy atom. The molecule has 1 heterocycles. The number of hydrogen-bond donors (Lipinski definition) is 8. The molecule has 1 aliphatic heterocycles. The molecule has 4 rings (SSSR count). The largest absolute Gasteiger partial charge is 0.508 e. The van der Waals surface area contributed by atoms with Crippen LogP contribution in [0, 0.1) is 0 Å². The number of benzene rings is 2. The van der Waals surface area contributed by atoms with Crippen LogP contribution in [0.1, 0.15) is 30.4 Å². The lowest BCUT2D eigenvalue weighted by Crippen LogP contribution is -2.56. The van der Waals surface area contributed by atoms with Gasteiger partial charge in [-0.2, -0.15) is 0 Å². The van der Waals surface area contributed by atoms with Crippen molar-refractivity contribution < 1.29 is 24.6 Å². The highest BCUT2D eigenvalue weighted by Gasteiger charge is 2.37. The molecule has 11 N–H and O–H groups in total. The lowest BCUT2D eigenvalue weighted by atomic mass is 9.95. The van der Waals surface area contributed by atoms with Crippen LogP contribution in [0.15, 0.2) is 36.4 Å². The number of aromatic hydroxyl groups is 2. The molecule has 3 amide bonds. The minimum Gasteiger partial charge on any atom is -0.508 e. The molecule has 1 aliphatic carbocycles. The molecule has 0 radical (unpaired) electrons. The van der Waals surface area contributed by atoms with E-state index in [1.165, 1.54) is 12.1 Å².